The van der Waals surface area contributed by atoms with E-state index < -0.39 is 4.92 Å². The van der Waals surface area contributed by atoms with Gasteiger partial charge in [0.2, 0.25) is 0 Å². The van der Waals surface area contributed by atoms with Gasteiger partial charge in [-0.05, 0) is 36.8 Å². The first-order valence-electron chi connectivity index (χ1n) is 9.85. The minimum atomic E-state index is -0.482. The highest BCUT2D eigenvalue weighted by Crippen LogP contribution is 2.33. The maximum atomic E-state index is 13.4. The average molecular weight is 497 g/mol. The number of aryl methyl sites for hydroxylation is 1. The number of carbonyl (C=O) groups is 1. The minimum absolute atomic E-state index is 0. The molecule has 1 aliphatic rings. The van der Waals surface area contributed by atoms with E-state index in [4.69, 9.17) is 21.3 Å². The van der Waals surface area contributed by atoms with E-state index in [1.165, 1.54) is 35.6 Å². The van der Waals surface area contributed by atoms with Crippen molar-refractivity contribution in [2.75, 3.05) is 44.3 Å². The lowest BCUT2D eigenvalue weighted by atomic mass is 10.2. The van der Waals surface area contributed by atoms with Gasteiger partial charge in [-0.3, -0.25) is 24.7 Å². The van der Waals surface area contributed by atoms with Crippen molar-refractivity contribution < 1.29 is 14.5 Å². The number of nitro groups is 1. The molecule has 0 unspecified atom stereocenters. The van der Waals surface area contributed by atoms with Crippen LogP contribution in [0.2, 0.25) is 5.02 Å². The van der Waals surface area contributed by atoms with E-state index in [9.17, 15) is 14.9 Å². The number of hydrogen-bond donors (Lipinski definition) is 0. The van der Waals surface area contributed by atoms with E-state index >= 15 is 0 Å². The summed E-state index contributed by atoms with van der Waals surface area (Å²) in [5, 5.41) is 12.2. The number of aromatic nitrogens is 1. The molecule has 4 rings (SSSR count). The normalized spacial score (nSPS) is 14.2. The monoisotopic (exact) mass is 496 g/mol. The Labute approximate surface area is 200 Å². The molecule has 8 nitrogen and oxygen atoms in total. The molecule has 1 aromatic heterocycles. The third kappa shape index (κ3) is 5.36. The van der Waals surface area contributed by atoms with E-state index in [2.05, 4.69) is 4.90 Å². The first-order valence-corrected chi connectivity index (χ1v) is 11.0. The maximum absolute atomic E-state index is 13.4. The predicted octanol–water partition coefficient (Wildman–Crippen LogP) is 4.57. The van der Waals surface area contributed by atoms with E-state index in [0.29, 0.717) is 42.0 Å². The quantitative estimate of drug-likeness (QED) is 0.366. The fourth-order valence-corrected chi connectivity index (χ4v) is 4.93. The number of carbonyl (C=O) groups excluding carboxylic acids is 1. The number of benzene rings is 2. The molecule has 2 heterocycles. The summed E-state index contributed by atoms with van der Waals surface area (Å²) in [6.07, 6.45) is 0. The SMILES string of the molecule is Cc1cc(Cl)cc2sc(N(CCN3CCOCC3)C(=O)c3ccc([N+](=O)[O-])cc3)nc12.Cl. The van der Waals surface area contributed by atoms with Crippen molar-refractivity contribution >= 4 is 62.3 Å². The fourth-order valence-electron chi connectivity index (χ4n) is 3.49. The van der Waals surface area contributed by atoms with Crippen molar-refractivity contribution in [1.29, 1.82) is 0 Å². The molecule has 32 heavy (non-hydrogen) atoms. The van der Waals surface area contributed by atoms with Gasteiger partial charge in [0.25, 0.3) is 11.6 Å². The second-order valence-corrected chi connectivity index (χ2v) is 8.73. The van der Waals surface area contributed by atoms with Crippen LogP contribution in [0.5, 0.6) is 0 Å². The Morgan fingerprint density at radius 3 is 2.62 bits per heavy atom. The van der Waals surface area contributed by atoms with Crippen LogP contribution in [0.3, 0.4) is 0 Å². The number of anilines is 1. The molecule has 1 amide bonds. The summed E-state index contributed by atoms with van der Waals surface area (Å²) in [6.45, 7) is 6.04. The molecule has 1 saturated heterocycles. The number of halogens is 2. The predicted molar refractivity (Wildman–Crippen MR) is 129 cm³/mol. The lowest BCUT2D eigenvalue weighted by molar-refractivity contribution is -0.384. The maximum Gasteiger partial charge on any atom is 0.269 e. The zero-order chi connectivity index (χ0) is 22.0. The van der Waals surface area contributed by atoms with Crippen molar-refractivity contribution in [3.8, 4) is 0 Å². The lowest BCUT2D eigenvalue weighted by Gasteiger charge is -2.29. The summed E-state index contributed by atoms with van der Waals surface area (Å²) in [6, 6.07) is 9.35. The van der Waals surface area contributed by atoms with Gasteiger partial charge in [0.1, 0.15) is 0 Å². The zero-order valence-corrected chi connectivity index (χ0v) is 19.7. The summed E-state index contributed by atoms with van der Waals surface area (Å²) < 4.78 is 6.31. The highest BCUT2D eigenvalue weighted by Gasteiger charge is 2.24. The van der Waals surface area contributed by atoms with Crippen LogP contribution in [0.1, 0.15) is 15.9 Å². The molecule has 1 fully saturated rings. The van der Waals surface area contributed by atoms with E-state index in [-0.39, 0.29) is 24.0 Å². The molecule has 0 aliphatic carbocycles. The Balaban J connectivity index is 0.00000289. The molecule has 1 aliphatic heterocycles. The fraction of sp³-hybridized carbons (Fsp3) is 0.333. The largest absolute Gasteiger partial charge is 0.379 e. The Kier molecular flexibility index (Phi) is 8.02. The first kappa shape index (κ1) is 24.3. The summed E-state index contributed by atoms with van der Waals surface area (Å²) in [5.41, 5.74) is 2.08. The zero-order valence-electron chi connectivity index (χ0n) is 17.3. The number of morpholine rings is 1. The van der Waals surface area contributed by atoms with Gasteiger partial charge in [-0.2, -0.15) is 0 Å². The molecule has 0 spiro atoms. The summed E-state index contributed by atoms with van der Waals surface area (Å²) >= 11 is 7.61. The topological polar surface area (TPSA) is 88.8 Å². The van der Waals surface area contributed by atoms with Crippen LogP contribution in [0.25, 0.3) is 10.2 Å². The summed E-state index contributed by atoms with van der Waals surface area (Å²) in [4.78, 5) is 32.5. The average Bonchev–Trinajstić information content (AvgIpc) is 3.18. The van der Waals surface area contributed by atoms with Gasteiger partial charge in [-0.1, -0.05) is 22.9 Å². The molecule has 0 atom stereocenters. The minimum Gasteiger partial charge on any atom is -0.379 e. The second-order valence-electron chi connectivity index (χ2n) is 7.28. The Morgan fingerprint density at radius 1 is 1.28 bits per heavy atom. The smallest absolute Gasteiger partial charge is 0.269 e. The van der Waals surface area contributed by atoms with Crippen LogP contribution in [-0.4, -0.2) is 60.1 Å². The van der Waals surface area contributed by atoms with Crippen molar-refractivity contribution in [3.05, 3.63) is 62.7 Å². The van der Waals surface area contributed by atoms with Gasteiger partial charge in [0.15, 0.2) is 5.13 Å². The van der Waals surface area contributed by atoms with Gasteiger partial charge < -0.3 is 4.74 Å². The first-order chi connectivity index (χ1) is 14.9. The van der Waals surface area contributed by atoms with Crippen LogP contribution < -0.4 is 4.90 Å². The van der Waals surface area contributed by atoms with Gasteiger partial charge in [-0.15, -0.1) is 12.4 Å². The van der Waals surface area contributed by atoms with E-state index in [0.717, 1.165) is 28.9 Å². The number of fused-ring (bicyclic) bond motifs is 1. The lowest BCUT2D eigenvalue weighted by Crippen LogP contribution is -2.43. The number of nitrogens with zero attached hydrogens (tertiary/aromatic N) is 4. The van der Waals surface area contributed by atoms with Gasteiger partial charge in [-0.25, -0.2) is 4.98 Å². The van der Waals surface area contributed by atoms with Crippen molar-refractivity contribution in [1.82, 2.24) is 9.88 Å². The highest BCUT2D eigenvalue weighted by atomic mass is 35.5. The number of ether oxygens (including phenoxy) is 1. The third-order valence-electron chi connectivity index (χ3n) is 5.18. The Bertz CT molecular complexity index is 1120. The second kappa shape index (κ2) is 10.5. The van der Waals surface area contributed by atoms with Gasteiger partial charge >= 0.3 is 0 Å². The van der Waals surface area contributed by atoms with Gasteiger partial charge in [0, 0.05) is 48.9 Å². The number of nitro benzene ring substituents is 1. The van der Waals surface area contributed by atoms with Crippen LogP contribution in [0.15, 0.2) is 36.4 Å². The van der Waals surface area contributed by atoms with E-state index in [1.54, 1.807) is 4.90 Å². The molecule has 0 radical (unpaired) electrons. The van der Waals surface area contributed by atoms with Crippen molar-refractivity contribution in [2.45, 2.75) is 6.92 Å². The molecular weight excluding hydrogens is 475 g/mol. The molecule has 0 saturated carbocycles. The number of non-ortho nitro benzene ring substituents is 1. The number of rotatable bonds is 6. The number of hydrogen-bond acceptors (Lipinski definition) is 7. The molecule has 170 valence electrons. The van der Waals surface area contributed by atoms with Crippen molar-refractivity contribution in [3.63, 3.8) is 0 Å². The highest BCUT2D eigenvalue weighted by molar-refractivity contribution is 7.22. The van der Waals surface area contributed by atoms with Crippen LogP contribution in [0.4, 0.5) is 10.8 Å². The summed E-state index contributed by atoms with van der Waals surface area (Å²) in [5.74, 6) is -0.244. The van der Waals surface area contributed by atoms with E-state index in [1.807, 2.05) is 19.1 Å². The van der Waals surface area contributed by atoms with Gasteiger partial charge in [0.05, 0.1) is 28.4 Å². The molecule has 0 bridgehead atoms. The standard InChI is InChI=1S/C21H21ClN4O4S.ClH/c1-14-12-16(22)13-18-19(14)23-21(31-18)25(7-6-24-8-10-30-11-9-24)20(27)15-2-4-17(5-3-15)26(28)29;/h2-5,12-13H,6-11H2,1H3;1H. The Morgan fingerprint density at radius 2 is 1.97 bits per heavy atom. The number of amides is 1. The summed E-state index contributed by atoms with van der Waals surface area (Å²) in [7, 11) is 0. The molecular formula is C21H22Cl2N4O4S. The molecule has 2 aromatic carbocycles. The molecule has 0 N–H and O–H groups in total. The number of thiazole rings is 1. The van der Waals surface area contributed by atoms with Crippen LogP contribution >= 0.6 is 35.3 Å². The van der Waals surface area contributed by atoms with Crippen molar-refractivity contribution in [2.24, 2.45) is 0 Å². The molecule has 11 heteroatoms. The molecule has 3 aromatic rings. The van der Waals surface area contributed by atoms with Crippen LogP contribution in [0, 0.1) is 17.0 Å². The van der Waals surface area contributed by atoms with Crippen LogP contribution in [-0.2, 0) is 4.74 Å². The third-order valence-corrected chi connectivity index (χ3v) is 6.43. The Hall–Kier alpha value is -2.30.